The first-order valence-electron chi connectivity index (χ1n) is 7.02. The molecule has 0 aliphatic carbocycles. The van der Waals surface area contributed by atoms with Crippen LogP contribution in [0.5, 0.6) is 5.75 Å². The van der Waals surface area contributed by atoms with Crippen LogP contribution in [0.3, 0.4) is 0 Å². The fourth-order valence-corrected chi connectivity index (χ4v) is 2.20. The Morgan fingerprint density at radius 1 is 1.10 bits per heavy atom. The summed E-state index contributed by atoms with van der Waals surface area (Å²) in [5, 5.41) is 0. The maximum Gasteiger partial charge on any atom is 0.121 e. The summed E-state index contributed by atoms with van der Waals surface area (Å²) >= 11 is 0. The van der Waals surface area contributed by atoms with Crippen molar-refractivity contribution >= 4 is 17.1 Å². The van der Waals surface area contributed by atoms with Gasteiger partial charge in [-0.3, -0.25) is 0 Å². The van der Waals surface area contributed by atoms with E-state index in [-0.39, 0.29) is 0 Å². The quantitative estimate of drug-likeness (QED) is 0.799. The Morgan fingerprint density at radius 3 is 2.50 bits per heavy atom. The van der Waals surface area contributed by atoms with E-state index in [1.807, 2.05) is 36.4 Å². The minimum atomic E-state index is 0.769. The van der Waals surface area contributed by atoms with Crippen molar-refractivity contribution < 1.29 is 4.74 Å². The molecule has 0 aliphatic heterocycles. The highest BCUT2D eigenvalue weighted by Gasteiger charge is 2.12. The fourth-order valence-electron chi connectivity index (χ4n) is 2.20. The van der Waals surface area contributed by atoms with Gasteiger partial charge in [-0.05, 0) is 30.7 Å². The summed E-state index contributed by atoms with van der Waals surface area (Å²) in [7, 11) is 1.67. The highest BCUT2D eigenvalue weighted by atomic mass is 16.5. The maximum absolute atomic E-state index is 6.16. The number of para-hydroxylation sites is 1. The summed E-state index contributed by atoms with van der Waals surface area (Å²) in [4.78, 5) is 2.25. The van der Waals surface area contributed by atoms with E-state index in [1.54, 1.807) is 7.11 Å². The molecular formula is C17H22N2O. The van der Waals surface area contributed by atoms with Crippen LogP contribution in [-0.4, -0.2) is 13.7 Å². The van der Waals surface area contributed by atoms with Crippen LogP contribution in [0, 0.1) is 0 Å². The van der Waals surface area contributed by atoms with Crippen molar-refractivity contribution in [2.24, 2.45) is 0 Å². The van der Waals surface area contributed by atoms with Crippen molar-refractivity contribution in [3.63, 3.8) is 0 Å². The average molecular weight is 270 g/mol. The highest BCUT2D eigenvalue weighted by molar-refractivity contribution is 5.76. The zero-order chi connectivity index (χ0) is 14.4. The number of nitrogen functional groups attached to an aromatic ring is 1. The lowest BCUT2D eigenvalue weighted by Gasteiger charge is -2.26. The maximum atomic E-state index is 6.16. The first-order chi connectivity index (χ1) is 9.76. The van der Waals surface area contributed by atoms with Crippen molar-refractivity contribution in [2.75, 3.05) is 24.3 Å². The second kappa shape index (κ2) is 6.85. The van der Waals surface area contributed by atoms with E-state index in [0.717, 1.165) is 42.2 Å². The van der Waals surface area contributed by atoms with Crippen LogP contribution in [0.2, 0.25) is 0 Å². The van der Waals surface area contributed by atoms with Crippen LogP contribution >= 0.6 is 0 Å². The molecule has 0 atom stereocenters. The van der Waals surface area contributed by atoms with Crippen LogP contribution in [-0.2, 0) is 0 Å². The van der Waals surface area contributed by atoms with Crippen molar-refractivity contribution in [2.45, 2.75) is 19.8 Å². The van der Waals surface area contributed by atoms with Gasteiger partial charge < -0.3 is 15.4 Å². The topological polar surface area (TPSA) is 38.5 Å². The van der Waals surface area contributed by atoms with Crippen LogP contribution in [0.25, 0.3) is 0 Å². The Labute approximate surface area is 121 Å². The largest absolute Gasteiger partial charge is 0.497 e. The molecule has 0 aliphatic rings. The summed E-state index contributed by atoms with van der Waals surface area (Å²) in [5.74, 6) is 0.826. The van der Waals surface area contributed by atoms with Crippen molar-refractivity contribution in [3.05, 3.63) is 48.5 Å². The standard InChI is InChI=1S/C17H22N2O/c1-3-4-12-19(14-8-6-5-7-9-14)17-13-15(20-2)10-11-16(17)18/h5-11,13H,3-4,12,18H2,1-2H3. The molecule has 0 spiro atoms. The summed E-state index contributed by atoms with van der Waals surface area (Å²) in [6.07, 6.45) is 2.26. The number of rotatable bonds is 6. The second-order valence-corrected chi connectivity index (χ2v) is 4.77. The van der Waals surface area contributed by atoms with E-state index in [4.69, 9.17) is 10.5 Å². The molecule has 20 heavy (non-hydrogen) atoms. The minimum absolute atomic E-state index is 0.769. The lowest BCUT2D eigenvalue weighted by atomic mass is 10.2. The number of ether oxygens (including phenoxy) is 1. The van der Waals surface area contributed by atoms with E-state index >= 15 is 0 Å². The number of hydrogen-bond acceptors (Lipinski definition) is 3. The predicted molar refractivity (Wildman–Crippen MR) is 85.8 cm³/mol. The lowest BCUT2D eigenvalue weighted by molar-refractivity contribution is 0.415. The number of methoxy groups -OCH3 is 1. The van der Waals surface area contributed by atoms with Gasteiger partial charge in [0, 0.05) is 18.3 Å². The molecule has 0 saturated heterocycles. The van der Waals surface area contributed by atoms with Gasteiger partial charge in [-0.1, -0.05) is 31.5 Å². The molecule has 0 aromatic heterocycles. The highest BCUT2D eigenvalue weighted by Crippen LogP contribution is 2.33. The summed E-state index contributed by atoms with van der Waals surface area (Å²) in [5.41, 5.74) is 9.08. The van der Waals surface area contributed by atoms with Crippen molar-refractivity contribution in [1.29, 1.82) is 0 Å². The molecule has 0 radical (unpaired) electrons. The average Bonchev–Trinajstić information content (AvgIpc) is 2.50. The summed E-state index contributed by atoms with van der Waals surface area (Å²) < 4.78 is 5.32. The molecular weight excluding hydrogens is 248 g/mol. The summed E-state index contributed by atoms with van der Waals surface area (Å²) in [6.45, 7) is 3.13. The fraction of sp³-hybridized carbons (Fsp3) is 0.294. The van der Waals surface area contributed by atoms with Crippen LogP contribution in [0.1, 0.15) is 19.8 Å². The summed E-state index contributed by atoms with van der Waals surface area (Å²) in [6, 6.07) is 16.1. The monoisotopic (exact) mass is 270 g/mol. The van der Waals surface area contributed by atoms with Gasteiger partial charge in [-0.15, -0.1) is 0 Å². The Hall–Kier alpha value is -2.16. The molecule has 0 unspecified atom stereocenters. The van der Waals surface area contributed by atoms with Gasteiger partial charge in [0.25, 0.3) is 0 Å². The van der Waals surface area contributed by atoms with E-state index in [9.17, 15) is 0 Å². The molecule has 0 saturated carbocycles. The smallest absolute Gasteiger partial charge is 0.121 e. The Balaban J connectivity index is 2.40. The van der Waals surface area contributed by atoms with Gasteiger partial charge in [-0.2, -0.15) is 0 Å². The minimum Gasteiger partial charge on any atom is -0.497 e. The Bertz CT molecular complexity index is 540. The lowest BCUT2D eigenvalue weighted by Crippen LogP contribution is -2.19. The normalized spacial score (nSPS) is 10.3. The molecule has 3 nitrogen and oxygen atoms in total. The zero-order valence-corrected chi connectivity index (χ0v) is 12.2. The molecule has 2 rings (SSSR count). The first-order valence-corrected chi connectivity index (χ1v) is 7.02. The van der Waals surface area contributed by atoms with Gasteiger partial charge in [0.1, 0.15) is 5.75 Å². The Morgan fingerprint density at radius 2 is 1.85 bits per heavy atom. The predicted octanol–water partition coefficient (Wildman–Crippen LogP) is 4.22. The molecule has 2 aromatic carbocycles. The van der Waals surface area contributed by atoms with E-state index in [2.05, 4.69) is 24.0 Å². The number of anilines is 3. The Kier molecular flexibility index (Phi) is 4.88. The third-order valence-corrected chi connectivity index (χ3v) is 3.33. The number of nitrogens with two attached hydrogens (primary N) is 1. The number of nitrogens with zero attached hydrogens (tertiary/aromatic N) is 1. The third-order valence-electron chi connectivity index (χ3n) is 3.33. The van der Waals surface area contributed by atoms with Crippen LogP contribution in [0.4, 0.5) is 17.1 Å². The van der Waals surface area contributed by atoms with Gasteiger partial charge in [0.05, 0.1) is 18.5 Å². The third kappa shape index (κ3) is 3.23. The molecule has 2 aromatic rings. The molecule has 2 N–H and O–H groups in total. The molecule has 0 amide bonds. The van der Waals surface area contributed by atoms with Crippen molar-refractivity contribution in [1.82, 2.24) is 0 Å². The molecule has 0 fully saturated rings. The SMILES string of the molecule is CCCCN(c1ccccc1)c1cc(OC)ccc1N. The first kappa shape index (κ1) is 14.3. The molecule has 106 valence electrons. The number of hydrogen-bond donors (Lipinski definition) is 1. The molecule has 0 heterocycles. The van der Waals surface area contributed by atoms with Gasteiger partial charge in [0.15, 0.2) is 0 Å². The molecule has 3 heteroatoms. The second-order valence-electron chi connectivity index (χ2n) is 4.77. The number of unbranched alkanes of at least 4 members (excludes halogenated alkanes) is 1. The van der Waals surface area contributed by atoms with Gasteiger partial charge in [-0.25, -0.2) is 0 Å². The van der Waals surface area contributed by atoms with E-state index in [0.29, 0.717) is 0 Å². The van der Waals surface area contributed by atoms with Gasteiger partial charge >= 0.3 is 0 Å². The molecule has 0 bridgehead atoms. The zero-order valence-electron chi connectivity index (χ0n) is 12.2. The van der Waals surface area contributed by atoms with E-state index < -0.39 is 0 Å². The van der Waals surface area contributed by atoms with E-state index in [1.165, 1.54) is 0 Å². The van der Waals surface area contributed by atoms with Crippen LogP contribution < -0.4 is 15.4 Å². The van der Waals surface area contributed by atoms with Crippen molar-refractivity contribution in [3.8, 4) is 5.75 Å². The van der Waals surface area contributed by atoms with Gasteiger partial charge in [0.2, 0.25) is 0 Å². The van der Waals surface area contributed by atoms with Crippen LogP contribution in [0.15, 0.2) is 48.5 Å². The number of benzene rings is 2.